The first-order valence-electron chi connectivity index (χ1n) is 13.4. The van der Waals surface area contributed by atoms with Crippen LogP contribution in [0.2, 0.25) is 0 Å². The Morgan fingerprint density at radius 2 is 1.18 bits per heavy atom. The van der Waals surface area contributed by atoms with Gasteiger partial charge in [-0.3, -0.25) is 0 Å². The first kappa shape index (κ1) is 22.3. The van der Waals surface area contributed by atoms with Crippen molar-refractivity contribution in [3.63, 3.8) is 0 Å². The Hall–Kier alpha value is -4.51. The summed E-state index contributed by atoms with van der Waals surface area (Å²) in [4.78, 5) is 4.93. The van der Waals surface area contributed by atoms with Crippen molar-refractivity contribution >= 4 is 82.3 Å². The zero-order chi connectivity index (χ0) is 26.2. The predicted molar refractivity (Wildman–Crippen MR) is 171 cm³/mol. The van der Waals surface area contributed by atoms with Gasteiger partial charge in [0, 0.05) is 46.4 Å². The lowest BCUT2D eigenvalue weighted by Crippen LogP contribution is -2.14. The third kappa shape index (κ3) is 3.18. The first-order chi connectivity index (χ1) is 19.8. The lowest BCUT2D eigenvalue weighted by molar-refractivity contribution is 0.669. The van der Waals surface area contributed by atoms with Gasteiger partial charge in [-0.2, -0.15) is 0 Å². The van der Waals surface area contributed by atoms with Crippen molar-refractivity contribution in [2.75, 3.05) is 4.90 Å². The summed E-state index contributed by atoms with van der Waals surface area (Å²) < 4.78 is 8.80. The number of hydrogen-bond donors (Lipinski definition) is 0. The van der Waals surface area contributed by atoms with Crippen molar-refractivity contribution in [2.24, 2.45) is 0 Å². The highest BCUT2D eigenvalue weighted by molar-refractivity contribution is 7.99. The summed E-state index contributed by atoms with van der Waals surface area (Å²) in [5.41, 5.74) is 8.00. The molecule has 0 saturated heterocycles. The molecular formula is C36H21NOS2. The molecule has 0 unspecified atom stereocenters. The highest BCUT2D eigenvalue weighted by Crippen LogP contribution is 2.51. The van der Waals surface area contributed by atoms with Gasteiger partial charge < -0.3 is 9.32 Å². The molecular weight excluding hydrogens is 527 g/mol. The van der Waals surface area contributed by atoms with Crippen LogP contribution in [0, 0.1) is 0 Å². The van der Waals surface area contributed by atoms with Gasteiger partial charge in [0.2, 0.25) is 0 Å². The topological polar surface area (TPSA) is 16.4 Å². The predicted octanol–water partition coefficient (Wildman–Crippen LogP) is 11.6. The summed E-state index contributed by atoms with van der Waals surface area (Å²) in [5.74, 6) is 0. The molecule has 0 aliphatic carbocycles. The van der Waals surface area contributed by atoms with E-state index < -0.39 is 0 Å². The zero-order valence-electron chi connectivity index (χ0n) is 21.3. The molecule has 1 aliphatic rings. The molecule has 0 amide bonds. The molecule has 2 nitrogen and oxygen atoms in total. The molecule has 40 heavy (non-hydrogen) atoms. The summed E-state index contributed by atoms with van der Waals surface area (Å²) in [7, 11) is 0. The SMILES string of the molecule is c1ccc2c(c1)Sc1ccccc1N2c1ccc(-c2cccc3c2sc2c3ccc3oc4ccccc4c32)cc1. The highest BCUT2D eigenvalue weighted by Gasteiger charge is 2.24. The lowest BCUT2D eigenvalue weighted by atomic mass is 10.0. The van der Waals surface area contributed by atoms with Gasteiger partial charge in [0.1, 0.15) is 11.2 Å². The van der Waals surface area contributed by atoms with Gasteiger partial charge in [-0.15, -0.1) is 11.3 Å². The number of furan rings is 1. The van der Waals surface area contributed by atoms with Crippen molar-refractivity contribution < 1.29 is 4.42 Å². The molecule has 0 radical (unpaired) electrons. The van der Waals surface area contributed by atoms with Crippen molar-refractivity contribution in [1.82, 2.24) is 0 Å². The third-order valence-electron chi connectivity index (χ3n) is 7.87. The highest BCUT2D eigenvalue weighted by atomic mass is 32.2. The maximum Gasteiger partial charge on any atom is 0.136 e. The number of para-hydroxylation sites is 3. The molecule has 2 aromatic heterocycles. The molecule has 4 heteroatoms. The van der Waals surface area contributed by atoms with Crippen LogP contribution in [0.5, 0.6) is 0 Å². The van der Waals surface area contributed by atoms with Crippen LogP contribution in [0.3, 0.4) is 0 Å². The average Bonchev–Trinajstić information content (AvgIpc) is 3.58. The van der Waals surface area contributed by atoms with E-state index in [1.165, 1.54) is 68.9 Å². The lowest BCUT2D eigenvalue weighted by Gasteiger charge is -2.32. The number of benzene rings is 6. The monoisotopic (exact) mass is 547 g/mol. The van der Waals surface area contributed by atoms with Gasteiger partial charge in [0.05, 0.1) is 11.4 Å². The number of anilines is 3. The van der Waals surface area contributed by atoms with E-state index in [1.54, 1.807) is 0 Å². The minimum absolute atomic E-state index is 0.942. The molecule has 0 N–H and O–H groups in total. The standard InChI is InChI=1S/C36H21NOS2/c1-4-13-30-27(8-1)34-31(38-30)21-20-26-25-10-7-9-24(35(25)40-36(26)34)22-16-18-23(19-17-22)37-28-11-2-5-14-32(28)39-33-15-6-3-12-29(33)37/h1-21H. The quantitative estimate of drug-likeness (QED) is 0.214. The minimum atomic E-state index is 0.942. The average molecular weight is 548 g/mol. The minimum Gasteiger partial charge on any atom is -0.456 e. The summed E-state index contributed by atoms with van der Waals surface area (Å²) in [6.07, 6.45) is 0. The van der Waals surface area contributed by atoms with Crippen molar-refractivity contribution in [3.05, 3.63) is 127 Å². The number of thiophene rings is 1. The van der Waals surface area contributed by atoms with Crippen LogP contribution in [0.15, 0.2) is 142 Å². The van der Waals surface area contributed by atoms with Crippen LogP contribution in [0.25, 0.3) is 53.2 Å². The Morgan fingerprint density at radius 3 is 1.98 bits per heavy atom. The zero-order valence-corrected chi connectivity index (χ0v) is 22.9. The van der Waals surface area contributed by atoms with Gasteiger partial charge in [-0.05, 0) is 65.7 Å². The third-order valence-corrected chi connectivity index (χ3v) is 10.3. The molecule has 1 aliphatic heterocycles. The number of hydrogen-bond acceptors (Lipinski definition) is 4. The molecule has 0 saturated carbocycles. The van der Waals surface area contributed by atoms with Crippen LogP contribution in [0.4, 0.5) is 17.1 Å². The van der Waals surface area contributed by atoms with Gasteiger partial charge in [-0.25, -0.2) is 0 Å². The van der Waals surface area contributed by atoms with Crippen LogP contribution >= 0.6 is 23.1 Å². The number of rotatable bonds is 2. The Bertz CT molecular complexity index is 2210. The molecule has 9 rings (SSSR count). The maximum absolute atomic E-state index is 6.19. The fourth-order valence-electron chi connectivity index (χ4n) is 6.06. The Balaban J connectivity index is 1.21. The molecule has 6 aromatic carbocycles. The first-order valence-corrected chi connectivity index (χ1v) is 15.0. The number of fused-ring (bicyclic) bond motifs is 9. The Labute approximate surface area is 239 Å². The molecule has 0 atom stereocenters. The van der Waals surface area contributed by atoms with E-state index in [2.05, 4.69) is 126 Å². The molecule has 0 fully saturated rings. The van der Waals surface area contributed by atoms with E-state index in [4.69, 9.17) is 4.42 Å². The van der Waals surface area contributed by atoms with Crippen LogP contribution < -0.4 is 4.90 Å². The van der Waals surface area contributed by atoms with Crippen LogP contribution in [0.1, 0.15) is 0 Å². The summed E-state index contributed by atoms with van der Waals surface area (Å²) in [6, 6.07) is 45.7. The van der Waals surface area contributed by atoms with Crippen molar-refractivity contribution in [1.29, 1.82) is 0 Å². The van der Waals surface area contributed by atoms with E-state index in [9.17, 15) is 0 Å². The van der Waals surface area contributed by atoms with Crippen molar-refractivity contribution in [2.45, 2.75) is 9.79 Å². The molecule has 0 bridgehead atoms. The van der Waals surface area contributed by atoms with Gasteiger partial charge in [-0.1, -0.05) is 84.6 Å². The largest absolute Gasteiger partial charge is 0.456 e. The van der Waals surface area contributed by atoms with E-state index in [-0.39, 0.29) is 0 Å². The fourth-order valence-corrected chi connectivity index (χ4v) is 8.51. The summed E-state index contributed by atoms with van der Waals surface area (Å²) in [6.45, 7) is 0. The molecule has 3 heterocycles. The smallest absolute Gasteiger partial charge is 0.136 e. The van der Waals surface area contributed by atoms with E-state index in [0.717, 1.165) is 11.2 Å². The van der Waals surface area contributed by atoms with Gasteiger partial charge in [0.25, 0.3) is 0 Å². The second-order valence-electron chi connectivity index (χ2n) is 10.1. The second-order valence-corrected chi connectivity index (χ2v) is 12.2. The molecule has 188 valence electrons. The van der Waals surface area contributed by atoms with Crippen molar-refractivity contribution in [3.8, 4) is 11.1 Å². The van der Waals surface area contributed by atoms with E-state index in [1.807, 2.05) is 29.2 Å². The van der Waals surface area contributed by atoms with E-state index in [0.29, 0.717) is 0 Å². The fraction of sp³-hybridized carbons (Fsp3) is 0. The molecule has 0 spiro atoms. The van der Waals surface area contributed by atoms with Gasteiger partial charge in [0.15, 0.2) is 0 Å². The normalized spacial score (nSPS) is 12.8. The maximum atomic E-state index is 6.19. The molecule has 8 aromatic rings. The van der Waals surface area contributed by atoms with Crippen LogP contribution in [-0.4, -0.2) is 0 Å². The van der Waals surface area contributed by atoms with Gasteiger partial charge >= 0.3 is 0 Å². The number of nitrogens with zero attached hydrogens (tertiary/aromatic N) is 1. The summed E-state index contributed by atoms with van der Waals surface area (Å²) >= 11 is 3.71. The Kier molecular flexibility index (Phi) is 4.74. The Morgan fingerprint density at radius 1 is 0.500 bits per heavy atom. The summed E-state index contributed by atoms with van der Waals surface area (Å²) in [5, 5.41) is 4.98. The van der Waals surface area contributed by atoms with Crippen LogP contribution in [-0.2, 0) is 0 Å². The second kappa shape index (κ2) is 8.49. The van der Waals surface area contributed by atoms with E-state index >= 15 is 0 Å².